The number of pyridine rings is 1. The molecule has 4 rings (SSSR count). The number of carbonyl (C=O) groups is 2. The first-order valence-corrected chi connectivity index (χ1v) is 10.6. The van der Waals surface area contributed by atoms with Gasteiger partial charge in [-0.3, -0.25) is 14.6 Å². The van der Waals surface area contributed by atoms with Gasteiger partial charge in [-0.15, -0.1) is 0 Å². The van der Waals surface area contributed by atoms with E-state index in [0.717, 1.165) is 17.5 Å². The number of nitrogens with zero attached hydrogens (tertiary/aromatic N) is 3. The summed E-state index contributed by atoms with van der Waals surface area (Å²) in [5.74, 6) is -0.232. The molecule has 0 unspecified atom stereocenters. The molecular formula is C26H24N4O3. The molecular weight excluding hydrogens is 416 g/mol. The molecule has 0 aliphatic rings. The van der Waals surface area contributed by atoms with Crippen LogP contribution in [0.1, 0.15) is 26.4 Å². The maximum Gasteiger partial charge on any atom is 0.251 e. The summed E-state index contributed by atoms with van der Waals surface area (Å²) in [6.07, 6.45) is 3.13. The summed E-state index contributed by atoms with van der Waals surface area (Å²) in [4.78, 5) is 29.6. The van der Waals surface area contributed by atoms with E-state index < -0.39 is 0 Å². The van der Waals surface area contributed by atoms with Gasteiger partial charge in [-0.25, -0.2) is 4.68 Å². The number of aromatic nitrogens is 3. The monoisotopic (exact) mass is 440 g/mol. The molecule has 33 heavy (non-hydrogen) atoms. The van der Waals surface area contributed by atoms with Gasteiger partial charge in [-0.2, -0.15) is 5.10 Å². The number of ether oxygens (including phenoxy) is 1. The smallest absolute Gasteiger partial charge is 0.251 e. The Morgan fingerprint density at radius 3 is 2.52 bits per heavy atom. The van der Waals surface area contributed by atoms with Crippen molar-refractivity contribution in [3.8, 4) is 22.5 Å². The first-order valence-electron chi connectivity index (χ1n) is 10.6. The summed E-state index contributed by atoms with van der Waals surface area (Å²) in [7, 11) is 1.56. The molecule has 0 radical (unpaired) electrons. The third kappa shape index (κ3) is 4.88. The minimum absolute atomic E-state index is 0.138. The molecule has 7 heteroatoms. The van der Waals surface area contributed by atoms with Crippen LogP contribution < -0.4 is 5.32 Å². The number of hydrogen-bond acceptors (Lipinski definition) is 5. The summed E-state index contributed by atoms with van der Waals surface area (Å²) in [6, 6.07) is 22.4. The van der Waals surface area contributed by atoms with Crippen LogP contribution in [-0.2, 0) is 17.9 Å². The molecule has 2 aromatic carbocycles. The highest BCUT2D eigenvalue weighted by molar-refractivity contribution is 6.04. The van der Waals surface area contributed by atoms with E-state index in [1.54, 1.807) is 30.1 Å². The van der Waals surface area contributed by atoms with Crippen LogP contribution in [-0.4, -0.2) is 40.6 Å². The van der Waals surface area contributed by atoms with Crippen LogP contribution in [0, 0.1) is 0 Å². The number of methoxy groups -OCH3 is 1. The van der Waals surface area contributed by atoms with Gasteiger partial charge in [-0.1, -0.05) is 54.6 Å². The minimum atomic E-state index is -0.232. The molecule has 0 bridgehead atoms. The number of nitrogens with one attached hydrogen (secondary N) is 1. The molecule has 2 aromatic heterocycles. The average molecular weight is 441 g/mol. The molecule has 0 saturated carbocycles. The molecule has 166 valence electrons. The van der Waals surface area contributed by atoms with E-state index in [2.05, 4.69) is 15.4 Å². The van der Waals surface area contributed by atoms with E-state index in [1.807, 2.05) is 60.7 Å². The lowest BCUT2D eigenvalue weighted by Gasteiger charge is -2.12. The molecule has 1 N–H and O–H groups in total. The van der Waals surface area contributed by atoms with E-state index in [-0.39, 0.29) is 12.6 Å². The number of amides is 1. The quantitative estimate of drug-likeness (QED) is 0.398. The highest BCUT2D eigenvalue weighted by Gasteiger charge is 2.23. The Labute approximate surface area is 192 Å². The predicted molar refractivity (Wildman–Crippen MR) is 126 cm³/mol. The Hall–Kier alpha value is -4.10. The molecule has 0 saturated heterocycles. The van der Waals surface area contributed by atoms with Crippen LogP contribution in [0.3, 0.4) is 0 Å². The van der Waals surface area contributed by atoms with Gasteiger partial charge in [0.15, 0.2) is 6.29 Å². The summed E-state index contributed by atoms with van der Waals surface area (Å²) < 4.78 is 6.95. The lowest BCUT2D eigenvalue weighted by molar-refractivity contribution is 0.0953. The third-order valence-corrected chi connectivity index (χ3v) is 5.23. The lowest BCUT2D eigenvalue weighted by atomic mass is 9.98. The fraction of sp³-hybridized carbons (Fsp3) is 0.154. The number of aldehydes is 1. The van der Waals surface area contributed by atoms with Crippen molar-refractivity contribution in [2.75, 3.05) is 13.7 Å². The second-order valence-corrected chi connectivity index (χ2v) is 7.38. The Morgan fingerprint density at radius 2 is 1.79 bits per heavy atom. The summed E-state index contributed by atoms with van der Waals surface area (Å²) in [6.45, 7) is 0.579. The van der Waals surface area contributed by atoms with Crippen LogP contribution in [0.2, 0.25) is 0 Å². The van der Waals surface area contributed by atoms with E-state index in [1.165, 1.54) is 0 Å². The maximum atomic E-state index is 13.1. The minimum Gasteiger partial charge on any atom is -0.362 e. The van der Waals surface area contributed by atoms with Gasteiger partial charge in [0.1, 0.15) is 12.4 Å². The van der Waals surface area contributed by atoms with E-state index in [0.29, 0.717) is 41.0 Å². The maximum absolute atomic E-state index is 13.1. The van der Waals surface area contributed by atoms with Crippen molar-refractivity contribution >= 4 is 12.2 Å². The van der Waals surface area contributed by atoms with Crippen molar-refractivity contribution in [1.29, 1.82) is 0 Å². The molecule has 7 nitrogen and oxygen atoms in total. The zero-order valence-electron chi connectivity index (χ0n) is 18.3. The normalized spacial score (nSPS) is 10.7. The number of hydrogen-bond donors (Lipinski definition) is 1. The highest BCUT2D eigenvalue weighted by Crippen LogP contribution is 2.33. The molecule has 2 heterocycles. The van der Waals surface area contributed by atoms with Gasteiger partial charge in [-0.05, 0) is 18.2 Å². The standard InChI is InChI=1S/C26H24N4O3/c1-33-18-30-25(23(17-31)24(29-30)19-9-3-2-4-10-19)21-12-5-6-13-22(21)26(32)28-16-14-20-11-7-8-15-27-20/h2-13,15,17H,14,16,18H2,1H3,(H,28,32). The average Bonchev–Trinajstić information content (AvgIpc) is 3.23. The van der Waals surface area contributed by atoms with Crippen LogP contribution in [0.5, 0.6) is 0 Å². The Kier molecular flexibility index (Phi) is 7.02. The van der Waals surface area contributed by atoms with Crippen LogP contribution >= 0.6 is 0 Å². The molecule has 0 fully saturated rings. The zero-order chi connectivity index (χ0) is 23.0. The number of rotatable bonds is 9. The fourth-order valence-corrected chi connectivity index (χ4v) is 3.73. The van der Waals surface area contributed by atoms with Crippen molar-refractivity contribution in [2.45, 2.75) is 13.2 Å². The van der Waals surface area contributed by atoms with Gasteiger partial charge >= 0.3 is 0 Å². The van der Waals surface area contributed by atoms with Gasteiger partial charge in [0.25, 0.3) is 5.91 Å². The predicted octanol–water partition coefficient (Wildman–Crippen LogP) is 4.00. The van der Waals surface area contributed by atoms with Crippen LogP contribution in [0.15, 0.2) is 79.0 Å². The summed E-state index contributed by atoms with van der Waals surface area (Å²) in [5.41, 5.74) is 4.28. The van der Waals surface area contributed by atoms with Crippen molar-refractivity contribution in [3.05, 3.63) is 95.8 Å². The zero-order valence-corrected chi connectivity index (χ0v) is 18.3. The van der Waals surface area contributed by atoms with Crippen molar-refractivity contribution < 1.29 is 14.3 Å². The molecule has 4 aromatic rings. The number of carbonyl (C=O) groups excluding carboxylic acids is 2. The van der Waals surface area contributed by atoms with E-state index in [9.17, 15) is 9.59 Å². The number of benzene rings is 2. The summed E-state index contributed by atoms with van der Waals surface area (Å²) >= 11 is 0. The highest BCUT2D eigenvalue weighted by atomic mass is 16.5. The Balaban J connectivity index is 1.70. The van der Waals surface area contributed by atoms with Crippen molar-refractivity contribution in [1.82, 2.24) is 20.1 Å². The molecule has 0 aliphatic heterocycles. The SMILES string of the molecule is COCn1nc(-c2ccccc2)c(C=O)c1-c1ccccc1C(=O)NCCc1ccccn1. The van der Waals surface area contributed by atoms with Gasteiger partial charge in [0.2, 0.25) is 0 Å². The Morgan fingerprint density at radius 1 is 1.03 bits per heavy atom. The summed E-state index contributed by atoms with van der Waals surface area (Å²) in [5, 5.41) is 7.60. The van der Waals surface area contributed by atoms with Crippen LogP contribution in [0.4, 0.5) is 0 Å². The molecule has 0 spiro atoms. The van der Waals surface area contributed by atoms with Crippen LogP contribution in [0.25, 0.3) is 22.5 Å². The molecule has 1 amide bonds. The van der Waals surface area contributed by atoms with Crippen molar-refractivity contribution in [2.24, 2.45) is 0 Å². The van der Waals surface area contributed by atoms with Gasteiger partial charge in [0, 0.05) is 48.7 Å². The first-order chi connectivity index (χ1) is 16.2. The van der Waals surface area contributed by atoms with E-state index in [4.69, 9.17) is 4.74 Å². The molecule has 0 atom stereocenters. The third-order valence-electron chi connectivity index (χ3n) is 5.23. The second kappa shape index (κ2) is 10.5. The van der Waals surface area contributed by atoms with Gasteiger partial charge in [0.05, 0.1) is 11.3 Å². The van der Waals surface area contributed by atoms with E-state index >= 15 is 0 Å². The first kappa shape index (κ1) is 22.1. The van der Waals surface area contributed by atoms with Gasteiger partial charge < -0.3 is 10.1 Å². The van der Waals surface area contributed by atoms with Crippen molar-refractivity contribution in [3.63, 3.8) is 0 Å². The second-order valence-electron chi connectivity index (χ2n) is 7.38. The fourth-order valence-electron chi connectivity index (χ4n) is 3.73. The molecule has 0 aliphatic carbocycles. The Bertz CT molecular complexity index is 1240. The largest absolute Gasteiger partial charge is 0.362 e. The lowest BCUT2D eigenvalue weighted by Crippen LogP contribution is -2.26. The topological polar surface area (TPSA) is 86.1 Å².